The fourth-order valence-corrected chi connectivity index (χ4v) is 2.99. The zero-order chi connectivity index (χ0) is 17.5. The minimum Gasteiger partial charge on any atom is -0.368 e. The van der Waals surface area contributed by atoms with E-state index in [-0.39, 0.29) is 0 Å². The first-order valence-corrected chi connectivity index (χ1v) is 9.08. The van der Waals surface area contributed by atoms with Gasteiger partial charge in [-0.2, -0.15) is 0 Å². The minimum atomic E-state index is 0.522. The van der Waals surface area contributed by atoms with Crippen LogP contribution in [0.1, 0.15) is 25.3 Å². The van der Waals surface area contributed by atoms with Crippen LogP contribution in [0.15, 0.2) is 45.9 Å². The molecule has 0 amide bonds. The van der Waals surface area contributed by atoms with Gasteiger partial charge < -0.3 is 19.6 Å². The Balaban J connectivity index is 1.60. The number of aromatic nitrogens is 1. The van der Waals surface area contributed by atoms with Gasteiger partial charge in [0.1, 0.15) is 6.54 Å². The van der Waals surface area contributed by atoms with Crippen molar-refractivity contribution in [1.82, 2.24) is 15.4 Å². The standard InChI is InChI=1S/C19H27N5O/c1-3-16-14-18(25-22-16)15-21-19(20-4-2)24-12-10-23(11-13-24)17-8-6-5-7-9-17/h5-9,14H,3-4,10-13,15H2,1-2H3,(H,20,21). The fraction of sp³-hybridized carbons (Fsp3) is 0.474. The van der Waals surface area contributed by atoms with Gasteiger partial charge in [0.25, 0.3) is 0 Å². The topological polar surface area (TPSA) is 56.9 Å². The second-order valence-corrected chi connectivity index (χ2v) is 6.12. The Bertz CT molecular complexity index is 674. The number of aryl methyl sites for hydroxylation is 1. The quantitative estimate of drug-likeness (QED) is 0.669. The molecule has 134 valence electrons. The van der Waals surface area contributed by atoms with Gasteiger partial charge in [-0.25, -0.2) is 4.99 Å². The molecule has 3 rings (SSSR count). The molecule has 0 saturated carbocycles. The number of hydrogen-bond acceptors (Lipinski definition) is 4. The molecule has 0 radical (unpaired) electrons. The van der Waals surface area contributed by atoms with Crippen molar-refractivity contribution >= 4 is 11.6 Å². The Kier molecular flexibility index (Phi) is 5.93. The number of rotatable bonds is 5. The Morgan fingerprint density at radius 3 is 2.56 bits per heavy atom. The minimum absolute atomic E-state index is 0.522. The highest BCUT2D eigenvalue weighted by atomic mass is 16.5. The van der Waals surface area contributed by atoms with Crippen LogP contribution in [0.2, 0.25) is 0 Å². The van der Waals surface area contributed by atoms with Gasteiger partial charge in [-0.1, -0.05) is 30.3 Å². The van der Waals surface area contributed by atoms with Crippen LogP contribution < -0.4 is 10.2 Å². The van der Waals surface area contributed by atoms with Crippen molar-refractivity contribution in [2.75, 3.05) is 37.6 Å². The second-order valence-electron chi connectivity index (χ2n) is 6.12. The number of aliphatic imine (C=N–C) groups is 1. The third-order valence-electron chi connectivity index (χ3n) is 4.39. The average molecular weight is 341 g/mol. The Morgan fingerprint density at radius 2 is 1.92 bits per heavy atom. The maximum Gasteiger partial charge on any atom is 0.194 e. The highest BCUT2D eigenvalue weighted by molar-refractivity contribution is 5.80. The molecule has 25 heavy (non-hydrogen) atoms. The summed E-state index contributed by atoms with van der Waals surface area (Å²) >= 11 is 0. The molecule has 0 atom stereocenters. The smallest absolute Gasteiger partial charge is 0.194 e. The highest BCUT2D eigenvalue weighted by Gasteiger charge is 2.19. The zero-order valence-corrected chi connectivity index (χ0v) is 15.1. The van der Waals surface area contributed by atoms with E-state index >= 15 is 0 Å². The van der Waals surface area contributed by atoms with E-state index in [1.807, 2.05) is 6.07 Å². The molecule has 2 aromatic rings. The van der Waals surface area contributed by atoms with Crippen LogP contribution in [0.4, 0.5) is 5.69 Å². The first-order chi connectivity index (χ1) is 12.3. The molecule has 1 saturated heterocycles. The molecule has 0 aliphatic carbocycles. The van der Waals surface area contributed by atoms with E-state index in [0.717, 1.165) is 56.6 Å². The number of piperazine rings is 1. The number of nitrogens with zero attached hydrogens (tertiary/aromatic N) is 4. The van der Waals surface area contributed by atoms with Gasteiger partial charge in [0, 0.05) is 44.5 Å². The molecule has 0 spiro atoms. The summed E-state index contributed by atoms with van der Waals surface area (Å²) in [5.74, 6) is 1.76. The normalized spacial score (nSPS) is 15.5. The summed E-state index contributed by atoms with van der Waals surface area (Å²) in [4.78, 5) is 9.47. The van der Waals surface area contributed by atoms with Gasteiger partial charge in [0.2, 0.25) is 0 Å². The summed E-state index contributed by atoms with van der Waals surface area (Å²) in [5, 5.41) is 7.42. The van der Waals surface area contributed by atoms with E-state index in [9.17, 15) is 0 Å². The zero-order valence-electron chi connectivity index (χ0n) is 15.1. The molecule has 1 aliphatic heterocycles. The summed E-state index contributed by atoms with van der Waals surface area (Å²) in [6.07, 6.45) is 0.884. The maximum atomic E-state index is 5.33. The molecule has 1 aromatic carbocycles. The fourth-order valence-electron chi connectivity index (χ4n) is 2.99. The molecule has 1 N–H and O–H groups in total. The lowest BCUT2D eigenvalue weighted by atomic mass is 10.2. The van der Waals surface area contributed by atoms with Gasteiger partial charge in [0.15, 0.2) is 11.7 Å². The van der Waals surface area contributed by atoms with Gasteiger partial charge in [-0.05, 0) is 25.5 Å². The molecule has 1 aliphatic rings. The van der Waals surface area contributed by atoms with Crippen LogP contribution in [-0.2, 0) is 13.0 Å². The van der Waals surface area contributed by atoms with Crippen molar-refractivity contribution < 1.29 is 4.52 Å². The van der Waals surface area contributed by atoms with Crippen LogP contribution in [0.3, 0.4) is 0 Å². The predicted octanol–water partition coefficient (Wildman–Crippen LogP) is 2.52. The summed E-state index contributed by atoms with van der Waals surface area (Å²) < 4.78 is 5.33. The molecule has 1 fully saturated rings. The third kappa shape index (κ3) is 4.53. The molecule has 2 heterocycles. The Morgan fingerprint density at radius 1 is 1.16 bits per heavy atom. The van der Waals surface area contributed by atoms with E-state index in [1.165, 1.54) is 5.69 Å². The van der Waals surface area contributed by atoms with Crippen molar-refractivity contribution in [3.63, 3.8) is 0 Å². The van der Waals surface area contributed by atoms with Gasteiger partial charge in [-0.15, -0.1) is 0 Å². The first kappa shape index (κ1) is 17.3. The average Bonchev–Trinajstić information content (AvgIpc) is 3.14. The molecule has 6 heteroatoms. The number of para-hydroxylation sites is 1. The lowest BCUT2D eigenvalue weighted by Crippen LogP contribution is -2.52. The van der Waals surface area contributed by atoms with E-state index in [1.54, 1.807) is 0 Å². The number of benzene rings is 1. The number of guanidine groups is 1. The van der Waals surface area contributed by atoms with Crippen LogP contribution in [0.5, 0.6) is 0 Å². The number of anilines is 1. The van der Waals surface area contributed by atoms with E-state index in [0.29, 0.717) is 6.54 Å². The van der Waals surface area contributed by atoms with Crippen LogP contribution in [0, 0.1) is 0 Å². The predicted molar refractivity (Wildman–Crippen MR) is 101 cm³/mol. The molecular weight excluding hydrogens is 314 g/mol. The molecular formula is C19H27N5O. The van der Waals surface area contributed by atoms with Crippen LogP contribution in [-0.4, -0.2) is 48.7 Å². The highest BCUT2D eigenvalue weighted by Crippen LogP contribution is 2.15. The largest absolute Gasteiger partial charge is 0.368 e. The van der Waals surface area contributed by atoms with Gasteiger partial charge in [-0.3, -0.25) is 0 Å². The van der Waals surface area contributed by atoms with E-state index in [4.69, 9.17) is 9.52 Å². The van der Waals surface area contributed by atoms with Gasteiger partial charge >= 0.3 is 0 Å². The Hall–Kier alpha value is -2.50. The summed E-state index contributed by atoms with van der Waals surface area (Å²) in [7, 11) is 0. The first-order valence-electron chi connectivity index (χ1n) is 9.08. The van der Waals surface area contributed by atoms with Crippen molar-refractivity contribution in [2.45, 2.75) is 26.8 Å². The summed E-state index contributed by atoms with van der Waals surface area (Å²) in [6.45, 7) is 9.45. The summed E-state index contributed by atoms with van der Waals surface area (Å²) in [6, 6.07) is 12.6. The monoisotopic (exact) mass is 341 g/mol. The van der Waals surface area contributed by atoms with Crippen LogP contribution in [0.25, 0.3) is 0 Å². The molecule has 6 nitrogen and oxygen atoms in total. The molecule has 1 aromatic heterocycles. The van der Waals surface area contributed by atoms with Crippen molar-refractivity contribution in [2.24, 2.45) is 4.99 Å². The maximum absolute atomic E-state index is 5.33. The lowest BCUT2D eigenvalue weighted by Gasteiger charge is -2.37. The van der Waals surface area contributed by atoms with Crippen molar-refractivity contribution in [3.05, 3.63) is 47.9 Å². The molecule has 0 unspecified atom stereocenters. The van der Waals surface area contributed by atoms with E-state index < -0.39 is 0 Å². The number of hydrogen-bond donors (Lipinski definition) is 1. The second kappa shape index (κ2) is 8.55. The Labute approximate surface area is 149 Å². The molecule has 0 bridgehead atoms. The van der Waals surface area contributed by atoms with Crippen molar-refractivity contribution in [3.8, 4) is 0 Å². The van der Waals surface area contributed by atoms with E-state index in [2.05, 4.69) is 64.5 Å². The SMILES string of the molecule is CCNC(=NCc1cc(CC)no1)N1CCN(c2ccccc2)CC1. The number of nitrogens with one attached hydrogen (secondary N) is 1. The summed E-state index contributed by atoms with van der Waals surface area (Å²) in [5.41, 5.74) is 2.27. The van der Waals surface area contributed by atoms with Crippen molar-refractivity contribution in [1.29, 1.82) is 0 Å². The third-order valence-corrected chi connectivity index (χ3v) is 4.39. The lowest BCUT2D eigenvalue weighted by molar-refractivity contribution is 0.365. The van der Waals surface area contributed by atoms with Crippen LogP contribution >= 0.6 is 0 Å². The van der Waals surface area contributed by atoms with Gasteiger partial charge in [0.05, 0.1) is 5.69 Å².